The van der Waals surface area contributed by atoms with Crippen LogP contribution in [0.2, 0.25) is 5.02 Å². The van der Waals surface area contributed by atoms with E-state index >= 15 is 0 Å². The smallest absolute Gasteiger partial charge is 0.309 e. The monoisotopic (exact) mass is 354 g/mol. The van der Waals surface area contributed by atoms with Gasteiger partial charge in [0.1, 0.15) is 18.4 Å². The van der Waals surface area contributed by atoms with Gasteiger partial charge in [0.15, 0.2) is 0 Å². The van der Waals surface area contributed by atoms with Crippen LogP contribution in [-0.2, 0) is 17.9 Å². The quantitative estimate of drug-likeness (QED) is 0.463. The molecule has 0 radical (unpaired) electrons. The van der Waals surface area contributed by atoms with Crippen molar-refractivity contribution in [3.8, 4) is 0 Å². The van der Waals surface area contributed by atoms with Crippen molar-refractivity contribution in [3.63, 3.8) is 0 Å². The maximum Gasteiger partial charge on any atom is 0.309 e. The number of hydrogen-bond donors (Lipinski definition) is 1. The molecule has 10 heteroatoms. The fourth-order valence-corrected chi connectivity index (χ4v) is 2.46. The van der Waals surface area contributed by atoms with E-state index in [1.807, 2.05) is 18.5 Å². The van der Waals surface area contributed by atoms with Crippen LogP contribution in [-0.4, -0.2) is 36.9 Å². The number of amides is 1. The normalized spacial score (nSPS) is 10.8. The van der Waals surface area contributed by atoms with E-state index < -0.39 is 4.92 Å². The minimum Gasteiger partial charge on any atom is -0.354 e. The molecule has 0 spiro atoms. The molecule has 2 heterocycles. The summed E-state index contributed by atoms with van der Waals surface area (Å²) in [5, 5.41) is 22.4. The number of nitro groups is 1. The molecule has 1 amide bonds. The Morgan fingerprint density at radius 2 is 2.04 bits per heavy atom. The van der Waals surface area contributed by atoms with Gasteiger partial charge in [-0.05, 0) is 27.2 Å². The third-order valence-electron chi connectivity index (χ3n) is 3.58. The lowest BCUT2D eigenvalue weighted by molar-refractivity contribution is -0.385. The lowest BCUT2D eigenvalue weighted by Crippen LogP contribution is -2.29. The molecule has 0 fully saturated rings. The number of nitrogens with zero attached hydrogens (tertiary/aromatic N) is 5. The zero-order valence-electron chi connectivity index (χ0n) is 13.7. The molecule has 0 aromatic carbocycles. The second-order valence-corrected chi connectivity index (χ2v) is 5.84. The van der Waals surface area contributed by atoms with E-state index in [0.29, 0.717) is 24.5 Å². The average Bonchev–Trinajstić information content (AvgIpc) is 2.99. The molecule has 24 heavy (non-hydrogen) atoms. The minimum atomic E-state index is -0.518. The Labute approximate surface area is 143 Å². The number of halogens is 1. The minimum absolute atomic E-state index is 0.0551. The number of hydrogen-bond acceptors (Lipinski definition) is 5. The van der Waals surface area contributed by atoms with Gasteiger partial charge in [-0.3, -0.25) is 24.3 Å². The van der Waals surface area contributed by atoms with Crippen molar-refractivity contribution in [3.05, 3.63) is 38.4 Å². The van der Waals surface area contributed by atoms with Crippen LogP contribution in [0.25, 0.3) is 0 Å². The molecule has 130 valence electrons. The summed E-state index contributed by atoms with van der Waals surface area (Å²) in [6.07, 6.45) is 1.95. The summed E-state index contributed by atoms with van der Waals surface area (Å²) in [5.74, 6) is -0.251. The molecule has 2 aromatic heterocycles. The second kappa shape index (κ2) is 7.43. The Morgan fingerprint density at radius 3 is 2.58 bits per heavy atom. The maximum atomic E-state index is 11.9. The van der Waals surface area contributed by atoms with E-state index in [2.05, 4.69) is 15.5 Å². The number of rotatable bonds is 7. The Bertz CT molecular complexity index is 767. The van der Waals surface area contributed by atoms with Gasteiger partial charge in [-0.15, -0.1) is 0 Å². The molecule has 0 unspecified atom stereocenters. The van der Waals surface area contributed by atoms with Crippen molar-refractivity contribution in [2.75, 3.05) is 6.54 Å². The topological polar surface area (TPSA) is 108 Å². The van der Waals surface area contributed by atoms with E-state index in [9.17, 15) is 14.9 Å². The Balaban J connectivity index is 1.78. The molecule has 0 aliphatic carbocycles. The van der Waals surface area contributed by atoms with Crippen LogP contribution in [0, 0.1) is 30.9 Å². The number of carbonyl (C=O) groups excluding carboxylic acids is 1. The van der Waals surface area contributed by atoms with Gasteiger partial charge in [0.05, 0.1) is 21.3 Å². The highest BCUT2D eigenvalue weighted by molar-refractivity contribution is 6.31. The SMILES string of the molecule is Cc1nn(CC(=O)NCCCn2nc(C)c(Cl)c2C)cc1[N+](=O)[O-]. The molecule has 9 nitrogen and oxygen atoms in total. The Kier molecular flexibility index (Phi) is 5.55. The first-order valence-corrected chi connectivity index (χ1v) is 7.82. The third-order valence-corrected chi connectivity index (χ3v) is 4.13. The first-order chi connectivity index (χ1) is 11.3. The van der Waals surface area contributed by atoms with Gasteiger partial charge >= 0.3 is 5.69 Å². The zero-order chi connectivity index (χ0) is 17.9. The Hall–Kier alpha value is -2.42. The second-order valence-electron chi connectivity index (χ2n) is 5.47. The van der Waals surface area contributed by atoms with Crippen molar-refractivity contribution in [1.82, 2.24) is 24.9 Å². The summed E-state index contributed by atoms with van der Waals surface area (Å²) in [6, 6.07) is 0. The predicted molar refractivity (Wildman–Crippen MR) is 88.0 cm³/mol. The lowest BCUT2D eigenvalue weighted by atomic mass is 10.3. The third kappa shape index (κ3) is 4.10. The van der Waals surface area contributed by atoms with Crippen molar-refractivity contribution in [2.45, 2.75) is 40.3 Å². The average molecular weight is 355 g/mol. The maximum absolute atomic E-state index is 11.9. The molecule has 1 N–H and O–H groups in total. The molecular weight excluding hydrogens is 336 g/mol. The van der Waals surface area contributed by atoms with Gasteiger partial charge in [-0.1, -0.05) is 11.6 Å². The summed E-state index contributed by atoms with van der Waals surface area (Å²) in [6.45, 7) is 6.34. The van der Waals surface area contributed by atoms with Crippen molar-refractivity contribution in [1.29, 1.82) is 0 Å². The van der Waals surface area contributed by atoms with Crippen LogP contribution in [0.4, 0.5) is 5.69 Å². The standard InChI is InChI=1S/C14H19ClN6O3/c1-9-12(21(23)24)7-19(17-9)8-13(22)16-5-4-6-20-11(3)14(15)10(2)18-20/h7H,4-6,8H2,1-3H3,(H,16,22). The molecule has 0 bridgehead atoms. The largest absolute Gasteiger partial charge is 0.354 e. The van der Waals surface area contributed by atoms with Gasteiger partial charge in [0.25, 0.3) is 0 Å². The van der Waals surface area contributed by atoms with Crippen molar-refractivity contribution >= 4 is 23.2 Å². The molecule has 2 rings (SSSR count). The van der Waals surface area contributed by atoms with E-state index in [1.54, 1.807) is 0 Å². The highest BCUT2D eigenvalue weighted by Gasteiger charge is 2.16. The van der Waals surface area contributed by atoms with Gasteiger partial charge in [-0.25, -0.2) is 0 Å². The fourth-order valence-electron chi connectivity index (χ4n) is 2.32. The van der Waals surface area contributed by atoms with Crippen LogP contribution in [0.1, 0.15) is 23.5 Å². The van der Waals surface area contributed by atoms with Crippen LogP contribution in [0.3, 0.4) is 0 Å². The van der Waals surface area contributed by atoms with Gasteiger partial charge in [-0.2, -0.15) is 10.2 Å². The summed E-state index contributed by atoms with van der Waals surface area (Å²) in [7, 11) is 0. The van der Waals surface area contributed by atoms with Crippen LogP contribution in [0.15, 0.2) is 6.20 Å². The summed E-state index contributed by atoms with van der Waals surface area (Å²) in [4.78, 5) is 22.1. The molecule has 0 saturated carbocycles. The number of aromatic nitrogens is 4. The van der Waals surface area contributed by atoms with Crippen LogP contribution >= 0.6 is 11.6 Å². The fraction of sp³-hybridized carbons (Fsp3) is 0.500. The van der Waals surface area contributed by atoms with Gasteiger partial charge in [0, 0.05) is 13.1 Å². The summed E-state index contributed by atoms with van der Waals surface area (Å²) < 4.78 is 3.08. The zero-order valence-corrected chi connectivity index (χ0v) is 14.5. The van der Waals surface area contributed by atoms with Gasteiger partial charge in [0.2, 0.25) is 5.91 Å². The number of nitrogens with one attached hydrogen (secondary N) is 1. The number of aryl methyl sites for hydroxylation is 3. The van der Waals surface area contributed by atoms with E-state index in [-0.39, 0.29) is 23.8 Å². The van der Waals surface area contributed by atoms with Crippen molar-refractivity contribution in [2.24, 2.45) is 0 Å². The highest BCUT2D eigenvalue weighted by atomic mass is 35.5. The summed E-state index contributed by atoms with van der Waals surface area (Å²) >= 11 is 6.08. The molecule has 2 aromatic rings. The molecule has 0 aliphatic heterocycles. The molecule has 0 aliphatic rings. The number of carbonyl (C=O) groups is 1. The molecule has 0 saturated heterocycles. The highest BCUT2D eigenvalue weighted by Crippen LogP contribution is 2.18. The predicted octanol–water partition coefficient (Wildman–Crippen LogP) is 1.77. The van der Waals surface area contributed by atoms with E-state index in [4.69, 9.17) is 11.6 Å². The molecule has 0 atom stereocenters. The molecular formula is C14H19ClN6O3. The van der Waals surface area contributed by atoms with Crippen molar-refractivity contribution < 1.29 is 9.72 Å². The van der Waals surface area contributed by atoms with Crippen LogP contribution in [0.5, 0.6) is 0 Å². The van der Waals surface area contributed by atoms with E-state index in [1.165, 1.54) is 17.8 Å². The summed E-state index contributed by atoms with van der Waals surface area (Å²) in [5.41, 5.74) is 1.88. The first kappa shape index (κ1) is 17.9. The van der Waals surface area contributed by atoms with E-state index in [0.717, 1.165) is 11.4 Å². The van der Waals surface area contributed by atoms with Gasteiger partial charge < -0.3 is 5.32 Å². The lowest BCUT2D eigenvalue weighted by Gasteiger charge is -2.07. The first-order valence-electron chi connectivity index (χ1n) is 7.44. The Morgan fingerprint density at radius 1 is 1.33 bits per heavy atom. The van der Waals surface area contributed by atoms with Crippen LogP contribution < -0.4 is 5.32 Å².